The Balaban J connectivity index is 2.16. The number of halogens is 1. The lowest BCUT2D eigenvalue weighted by molar-refractivity contribution is 0.280. The largest absolute Gasteiger partial charge is 0.396 e. The zero-order chi connectivity index (χ0) is 9.97. The Morgan fingerprint density at radius 3 is 3.07 bits per heavy atom. The molecule has 0 saturated heterocycles. The van der Waals surface area contributed by atoms with Crippen molar-refractivity contribution in [3.8, 4) is 0 Å². The number of rotatable bonds is 2. The summed E-state index contributed by atoms with van der Waals surface area (Å²) >= 11 is 3.43. The van der Waals surface area contributed by atoms with Gasteiger partial charge in [-0.25, -0.2) is 0 Å². The van der Waals surface area contributed by atoms with E-state index in [1.807, 2.05) is 18.2 Å². The van der Waals surface area contributed by atoms with E-state index < -0.39 is 0 Å². The number of anilines is 2. The van der Waals surface area contributed by atoms with Crippen molar-refractivity contribution in [3.05, 3.63) is 22.7 Å². The van der Waals surface area contributed by atoms with Crippen molar-refractivity contribution < 1.29 is 5.11 Å². The molecule has 3 nitrogen and oxygen atoms in total. The summed E-state index contributed by atoms with van der Waals surface area (Å²) in [4.78, 5) is 0. The first kappa shape index (κ1) is 9.80. The maximum atomic E-state index is 8.84. The van der Waals surface area contributed by atoms with Gasteiger partial charge in [-0.1, -0.05) is 15.9 Å². The summed E-state index contributed by atoms with van der Waals surface area (Å²) in [5, 5.41) is 15.6. The molecule has 3 N–H and O–H groups in total. The van der Waals surface area contributed by atoms with Gasteiger partial charge >= 0.3 is 0 Å². The molecule has 0 fully saturated rings. The van der Waals surface area contributed by atoms with Crippen LogP contribution in [0.2, 0.25) is 0 Å². The number of hydrogen-bond donors (Lipinski definition) is 3. The van der Waals surface area contributed by atoms with Gasteiger partial charge in [0.1, 0.15) is 0 Å². The predicted octanol–water partition coefficient (Wildman–Crippen LogP) is 2.04. The number of hydrogen-bond acceptors (Lipinski definition) is 3. The molecule has 0 bridgehead atoms. The Morgan fingerprint density at radius 1 is 1.43 bits per heavy atom. The number of nitrogens with one attached hydrogen (secondary N) is 2. The highest BCUT2D eigenvalue weighted by Gasteiger charge is 2.16. The Morgan fingerprint density at radius 2 is 2.29 bits per heavy atom. The molecule has 0 aromatic heterocycles. The molecule has 4 heteroatoms. The van der Waals surface area contributed by atoms with Crippen LogP contribution in [0.3, 0.4) is 0 Å². The van der Waals surface area contributed by atoms with E-state index in [4.69, 9.17) is 5.11 Å². The Hall–Kier alpha value is -0.740. The normalized spacial score (nSPS) is 19.4. The standard InChI is InChI=1S/C10H13BrN2O/c11-7-1-2-9-10(5-7)13-8(3-4-14)6-12-9/h1-2,5,8,12-14H,3-4,6H2/t8-/m0/s1. The molecule has 0 aliphatic carbocycles. The first-order chi connectivity index (χ1) is 6.79. The van der Waals surface area contributed by atoms with Gasteiger partial charge in [0, 0.05) is 23.7 Å². The average molecular weight is 257 g/mol. The fourth-order valence-corrected chi connectivity index (χ4v) is 1.99. The van der Waals surface area contributed by atoms with E-state index in [0.29, 0.717) is 6.04 Å². The monoisotopic (exact) mass is 256 g/mol. The minimum atomic E-state index is 0.225. The van der Waals surface area contributed by atoms with Crippen molar-refractivity contribution >= 4 is 27.3 Å². The smallest absolute Gasteiger partial charge is 0.0590 e. The Kier molecular flexibility index (Phi) is 2.93. The van der Waals surface area contributed by atoms with E-state index in [0.717, 1.165) is 28.8 Å². The van der Waals surface area contributed by atoms with Gasteiger partial charge in [0.05, 0.1) is 11.4 Å². The van der Waals surface area contributed by atoms with Crippen LogP contribution in [0.4, 0.5) is 11.4 Å². The summed E-state index contributed by atoms with van der Waals surface area (Å²) in [6, 6.07) is 6.43. The van der Waals surface area contributed by atoms with Gasteiger partial charge in [-0.2, -0.15) is 0 Å². The second-order valence-electron chi connectivity index (χ2n) is 3.42. The highest BCUT2D eigenvalue weighted by atomic mass is 79.9. The molecular weight excluding hydrogens is 244 g/mol. The molecule has 0 unspecified atom stereocenters. The predicted molar refractivity (Wildman–Crippen MR) is 61.7 cm³/mol. The van der Waals surface area contributed by atoms with E-state index in [-0.39, 0.29) is 6.61 Å². The van der Waals surface area contributed by atoms with Gasteiger partial charge in [0.25, 0.3) is 0 Å². The second-order valence-corrected chi connectivity index (χ2v) is 4.34. The maximum Gasteiger partial charge on any atom is 0.0590 e. The molecule has 1 atom stereocenters. The minimum absolute atomic E-state index is 0.225. The van der Waals surface area contributed by atoms with Crippen molar-refractivity contribution in [2.24, 2.45) is 0 Å². The van der Waals surface area contributed by atoms with Crippen LogP contribution < -0.4 is 10.6 Å². The van der Waals surface area contributed by atoms with Crippen molar-refractivity contribution in [2.45, 2.75) is 12.5 Å². The highest BCUT2D eigenvalue weighted by molar-refractivity contribution is 9.10. The molecule has 76 valence electrons. The molecule has 14 heavy (non-hydrogen) atoms. The van der Waals surface area contributed by atoms with Gasteiger partial charge < -0.3 is 15.7 Å². The van der Waals surface area contributed by atoms with Crippen LogP contribution >= 0.6 is 15.9 Å². The summed E-state index contributed by atoms with van der Waals surface area (Å²) in [5.74, 6) is 0. The third-order valence-electron chi connectivity index (χ3n) is 2.36. The number of benzene rings is 1. The third kappa shape index (κ3) is 2.01. The maximum absolute atomic E-state index is 8.84. The van der Waals surface area contributed by atoms with Crippen molar-refractivity contribution in [1.29, 1.82) is 0 Å². The fourth-order valence-electron chi connectivity index (χ4n) is 1.62. The summed E-state index contributed by atoms with van der Waals surface area (Å²) in [5.41, 5.74) is 2.23. The number of aliphatic hydroxyl groups is 1. The summed E-state index contributed by atoms with van der Waals surface area (Å²) in [6.45, 7) is 1.10. The van der Waals surface area contributed by atoms with E-state index in [2.05, 4.69) is 26.6 Å². The van der Waals surface area contributed by atoms with Gasteiger partial charge in [-0.15, -0.1) is 0 Å². The molecule has 0 amide bonds. The summed E-state index contributed by atoms with van der Waals surface area (Å²) in [6.07, 6.45) is 0.777. The lowest BCUT2D eigenvalue weighted by Gasteiger charge is -2.28. The van der Waals surface area contributed by atoms with Crippen LogP contribution in [0.25, 0.3) is 0 Å². The zero-order valence-corrected chi connectivity index (χ0v) is 9.34. The van der Waals surface area contributed by atoms with Gasteiger partial charge in [-0.05, 0) is 24.6 Å². The third-order valence-corrected chi connectivity index (χ3v) is 2.85. The molecular formula is C10H13BrN2O. The fraction of sp³-hybridized carbons (Fsp3) is 0.400. The minimum Gasteiger partial charge on any atom is -0.396 e. The van der Waals surface area contributed by atoms with Crippen LogP contribution in [-0.2, 0) is 0 Å². The Labute approximate surface area is 91.6 Å². The van der Waals surface area contributed by atoms with Crippen LogP contribution in [0, 0.1) is 0 Å². The topological polar surface area (TPSA) is 44.3 Å². The molecule has 1 aromatic carbocycles. The molecule has 1 heterocycles. The van der Waals surface area contributed by atoms with E-state index in [1.54, 1.807) is 0 Å². The quantitative estimate of drug-likeness (QED) is 0.759. The summed E-state index contributed by atoms with van der Waals surface area (Å²) in [7, 11) is 0. The molecule has 0 radical (unpaired) electrons. The van der Waals surface area contributed by atoms with Gasteiger partial charge in [-0.3, -0.25) is 0 Å². The first-order valence-corrected chi connectivity index (χ1v) is 5.49. The molecule has 0 saturated carbocycles. The molecule has 0 spiro atoms. The number of aliphatic hydroxyl groups excluding tert-OH is 1. The second kappa shape index (κ2) is 4.19. The van der Waals surface area contributed by atoms with Crippen molar-refractivity contribution in [2.75, 3.05) is 23.8 Å². The SMILES string of the molecule is OCC[C@H]1CNc2ccc(Br)cc2N1. The molecule has 1 aliphatic heterocycles. The van der Waals surface area contributed by atoms with Crippen LogP contribution in [0.5, 0.6) is 0 Å². The van der Waals surface area contributed by atoms with Crippen molar-refractivity contribution in [1.82, 2.24) is 0 Å². The Bertz CT molecular complexity index is 330. The highest BCUT2D eigenvalue weighted by Crippen LogP contribution is 2.29. The van der Waals surface area contributed by atoms with Crippen LogP contribution in [-0.4, -0.2) is 24.3 Å². The van der Waals surface area contributed by atoms with Gasteiger partial charge in [0.2, 0.25) is 0 Å². The average Bonchev–Trinajstić information content (AvgIpc) is 2.17. The van der Waals surface area contributed by atoms with Crippen LogP contribution in [0.15, 0.2) is 22.7 Å². The summed E-state index contributed by atoms with van der Waals surface area (Å²) < 4.78 is 1.06. The van der Waals surface area contributed by atoms with E-state index in [1.165, 1.54) is 0 Å². The lowest BCUT2D eigenvalue weighted by Crippen LogP contribution is -2.33. The van der Waals surface area contributed by atoms with E-state index >= 15 is 0 Å². The lowest BCUT2D eigenvalue weighted by atomic mass is 10.1. The molecule has 1 aromatic rings. The molecule has 1 aliphatic rings. The number of fused-ring (bicyclic) bond motifs is 1. The van der Waals surface area contributed by atoms with E-state index in [9.17, 15) is 0 Å². The van der Waals surface area contributed by atoms with Crippen molar-refractivity contribution in [3.63, 3.8) is 0 Å². The van der Waals surface area contributed by atoms with Gasteiger partial charge in [0.15, 0.2) is 0 Å². The zero-order valence-electron chi connectivity index (χ0n) is 7.76. The first-order valence-electron chi connectivity index (χ1n) is 4.70. The molecule has 2 rings (SSSR count). The van der Waals surface area contributed by atoms with Crippen LogP contribution in [0.1, 0.15) is 6.42 Å².